The van der Waals surface area contributed by atoms with Crippen LogP contribution >= 0.6 is 11.6 Å². The van der Waals surface area contributed by atoms with E-state index in [1.54, 1.807) is 13.0 Å². The van der Waals surface area contributed by atoms with Gasteiger partial charge in [-0.2, -0.15) is 0 Å². The number of aromatic nitrogens is 2. The fraction of sp³-hybridized carbons (Fsp3) is 0.235. The molecule has 1 N–H and O–H groups in total. The molecule has 0 atom stereocenters. The van der Waals surface area contributed by atoms with E-state index in [-0.39, 0.29) is 22.7 Å². The molecule has 3 heterocycles. The topological polar surface area (TPSA) is 99.1 Å². The quantitative estimate of drug-likeness (QED) is 0.702. The van der Waals surface area contributed by atoms with Crippen molar-refractivity contribution in [1.82, 2.24) is 9.71 Å². The molecule has 0 fully saturated rings. The molecular weight excluding hydrogens is 362 g/mol. The molecular formula is C17H16ClN3O5. The Hall–Kier alpha value is -2.84. The molecule has 8 nitrogen and oxygen atoms in total. The highest BCUT2D eigenvalue weighted by Crippen LogP contribution is 2.30. The molecule has 0 saturated carbocycles. The average molecular weight is 378 g/mol. The molecule has 0 aliphatic carbocycles. The molecule has 26 heavy (non-hydrogen) atoms. The van der Waals surface area contributed by atoms with Crippen LogP contribution in [0, 0.1) is 6.92 Å². The summed E-state index contributed by atoms with van der Waals surface area (Å²) in [6.45, 7) is 1.92. The number of carbonyl (C=O) groups is 1. The summed E-state index contributed by atoms with van der Waals surface area (Å²) in [5.74, 6) is 0.329. The standard InChI is InChI=1S/C17H16ClN3O5/c1-9-6-21(23)7-12(18)14(9)20-17(22)15-11-4-10(8-24-2)26-16(11)13(25-3)5-19-15/h4-7,23H,8H2,1-3H3. The van der Waals surface area contributed by atoms with Gasteiger partial charge in [-0.3, -0.25) is 4.79 Å². The number of carbonyl (C=O) groups excluding carboxylic acids is 1. The summed E-state index contributed by atoms with van der Waals surface area (Å²) in [6, 6.07) is 1.66. The smallest absolute Gasteiger partial charge is 0.296 e. The Balaban J connectivity index is 2.16. The number of hydrogen-bond acceptors (Lipinski definition) is 6. The number of hydrogen-bond donors (Lipinski definition) is 1. The number of fused-ring (bicyclic) bond motifs is 1. The molecule has 3 rings (SSSR count). The maximum absolute atomic E-state index is 12.7. The molecule has 9 heteroatoms. The number of ether oxygens (including phenoxy) is 2. The Morgan fingerprint density at radius 1 is 1.42 bits per heavy atom. The first-order valence-electron chi connectivity index (χ1n) is 7.55. The van der Waals surface area contributed by atoms with Crippen LogP contribution in [0.4, 0.5) is 0 Å². The van der Waals surface area contributed by atoms with Crippen LogP contribution in [0.3, 0.4) is 0 Å². The highest BCUT2D eigenvalue weighted by Gasteiger charge is 2.19. The number of nitrogens with zero attached hydrogens (tertiary/aromatic N) is 3. The zero-order chi connectivity index (χ0) is 18.8. The Morgan fingerprint density at radius 3 is 2.85 bits per heavy atom. The van der Waals surface area contributed by atoms with Crippen LogP contribution in [-0.2, 0) is 11.3 Å². The van der Waals surface area contributed by atoms with Gasteiger partial charge in [0.1, 0.15) is 18.1 Å². The lowest BCUT2D eigenvalue weighted by Gasteiger charge is -2.04. The normalized spacial score (nSPS) is 11.9. The maximum atomic E-state index is 12.7. The van der Waals surface area contributed by atoms with E-state index in [1.807, 2.05) is 0 Å². The van der Waals surface area contributed by atoms with E-state index in [2.05, 4.69) is 9.98 Å². The summed E-state index contributed by atoms with van der Waals surface area (Å²) in [4.78, 5) is 20.9. The molecule has 0 aliphatic heterocycles. The number of furan rings is 1. The van der Waals surface area contributed by atoms with Gasteiger partial charge in [-0.1, -0.05) is 11.6 Å². The summed E-state index contributed by atoms with van der Waals surface area (Å²) < 4.78 is 16.8. The van der Waals surface area contributed by atoms with E-state index in [1.165, 1.54) is 32.8 Å². The summed E-state index contributed by atoms with van der Waals surface area (Å²) in [7, 11) is 3.02. The first kappa shape index (κ1) is 18.0. The fourth-order valence-corrected chi connectivity index (χ4v) is 2.83. The van der Waals surface area contributed by atoms with Crippen molar-refractivity contribution in [3.05, 3.63) is 52.1 Å². The monoisotopic (exact) mass is 377 g/mol. The van der Waals surface area contributed by atoms with Gasteiger partial charge < -0.3 is 19.1 Å². The predicted octanol–water partition coefficient (Wildman–Crippen LogP) is 2.72. The number of halogens is 1. The number of rotatable bonds is 4. The predicted molar refractivity (Wildman–Crippen MR) is 92.5 cm³/mol. The van der Waals surface area contributed by atoms with E-state index in [0.717, 1.165) is 4.73 Å². The van der Waals surface area contributed by atoms with Gasteiger partial charge >= 0.3 is 0 Å². The molecule has 136 valence electrons. The van der Waals surface area contributed by atoms with Crippen LogP contribution in [0.25, 0.3) is 11.0 Å². The number of amides is 1. The summed E-state index contributed by atoms with van der Waals surface area (Å²) in [5.41, 5.74) is 1.02. The third-order valence-electron chi connectivity index (χ3n) is 3.67. The van der Waals surface area contributed by atoms with Crippen molar-refractivity contribution < 1.29 is 23.9 Å². The van der Waals surface area contributed by atoms with Crippen molar-refractivity contribution in [2.24, 2.45) is 4.99 Å². The zero-order valence-electron chi connectivity index (χ0n) is 14.3. The van der Waals surface area contributed by atoms with Crippen LogP contribution in [0.5, 0.6) is 5.75 Å². The second kappa shape index (κ2) is 7.19. The van der Waals surface area contributed by atoms with Crippen molar-refractivity contribution >= 4 is 28.5 Å². The van der Waals surface area contributed by atoms with Gasteiger partial charge in [-0.25, -0.2) is 14.7 Å². The summed E-state index contributed by atoms with van der Waals surface area (Å²) >= 11 is 6.08. The van der Waals surface area contributed by atoms with E-state index in [4.69, 9.17) is 25.5 Å². The summed E-state index contributed by atoms with van der Waals surface area (Å²) in [5, 5.41) is 10.3. The lowest BCUT2D eigenvalue weighted by atomic mass is 10.2. The molecule has 0 spiro atoms. The minimum Gasteiger partial charge on any atom is -0.491 e. The van der Waals surface area contributed by atoms with Gasteiger partial charge in [0.15, 0.2) is 11.3 Å². The van der Waals surface area contributed by atoms with Crippen molar-refractivity contribution in [3.63, 3.8) is 0 Å². The Morgan fingerprint density at radius 2 is 2.19 bits per heavy atom. The van der Waals surface area contributed by atoms with E-state index >= 15 is 0 Å². The second-order valence-electron chi connectivity index (χ2n) is 5.50. The van der Waals surface area contributed by atoms with Crippen LogP contribution in [0.2, 0.25) is 5.02 Å². The maximum Gasteiger partial charge on any atom is 0.296 e. The van der Waals surface area contributed by atoms with Gasteiger partial charge in [-0.15, -0.1) is 0 Å². The van der Waals surface area contributed by atoms with Gasteiger partial charge in [0, 0.05) is 13.3 Å². The highest BCUT2D eigenvalue weighted by molar-refractivity contribution is 6.30. The van der Waals surface area contributed by atoms with Crippen molar-refractivity contribution in [3.8, 4) is 5.75 Å². The van der Waals surface area contributed by atoms with Crippen LogP contribution in [0.15, 0.2) is 34.1 Å². The second-order valence-corrected chi connectivity index (χ2v) is 5.91. The van der Waals surface area contributed by atoms with Crippen LogP contribution in [-0.4, -0.2) is 35.0 Å². The van der Waals surface area contributed by atoms with E-state index in [9.17, 15) is 10.0 Å². The van der Waals surface area contributed by atoms with Crippen molar-refractivity contribution in [2.45, 2.75) is 13.5 Å². The number of methoxy groups -OCH3 is 2. The van der Waals surface area contributed by atoms with Crippen molar-refractivity contribution in [1.29, 1.82) is 0 Å². The largest absolute Gasteiger partial charge is 0.491 e. The molecule has 0 aliphatic rings. The highest BCUT2D eigenvalue weighted by atomic mass is 35.5. The molecule has 3 aromatic heterocycles. The summed E-state index contributed by atoms with van der Waals surface area (Å²) in [6.07, 6.45) is 4.03. The minimum absolute atomic E-state index is 0.100. The Labute approximate surface area is 153 Å². The Bertz CT molecular complexity index is 1030. The average Bonchev–Trinajstić information content (AvgIpc) is 3.00. The molecule has 0 bridgehead atoms. The van der Waals surface area contributed by atoms with Gasteiger partial charge in [0.05, 0.1) is 35.3 Å². The number of pyridine rings is 2. The zero-order valence-corrected chi connectivity index (χ0v) is 15.1. The Kier molecular flexibility index (Phi) is 4.97. The molecule has 0 aromatic carbocycles. The first-order chi connectivity index (χ1) is 12.4. The lowest BCUT2D eigenvalue weighted by molar-refractivity contribution is 0.0995. The van der Waals surface area contributed by atoms with E-state index in [0.29, 0.717) is 28.0 Å². The molecule has 0 saturated heterocycles. The third-order valence-corrected chi connectivity index (χ3v) is 3.94. The molecule has 0 unspecified atom stereocenters. The number of aryl methyl sites for hydroxylation is 1. The molecule has 1 amide bonds. The fourth-order valence-electron chi connectivity index (χ4n) is 2.54. The van der Waals surface area contributed by atoms with Crippen molar-refractivity contribution in [2.75, 3.05) is 14.2 Å². The van der Waals surface area contributed by atoms with Crippen LogP contribution in [0.1, 0.15) is 21.8 Å². The van der Waals surface area contributed by atoms with Crippen LogP contribution < -0.4 is 10.1 Å². The molecule has 3 aromatic rings. The van der Waals surface area contributed by atoms with Gasteiger partial charge in [-0.05, 0) is 18.6 Å². The lowest BCUT2D eigenvalue weighted by Crippen LogP contribution is -2.15. The third kappa shape index (κ3) is 3.29. The van der Waals surface area contributed by atoms with Gasteiger partial charge in [0.2, 0.25) is 0 Å². The molecule has 0 radical (unpaired) electrons. The van der Waals surface area contributed by atoms with Gasteiger partial charge in [0.25, 0.3) is 5.91 Å². The first-order valence-corrected chi connectivity index (χ1v) is 7.93. The van der Waals surface area contributed by atoms with E-state index < -0.39 is 5.91 Å². The minimum atomic E-state index is -0.594. The SMILES string of the molecule is COCc1cc2c(C(=O)N=c3c(C)cn(O)cc3Cl)ncc(OC)c2o1.